The average molecular weight is 228 g/mol. The van der Waals surface area contributed by atoms with Gasteiger partial charge in [-0.15, -0.1) is 0 Å². The number of carbonyl (C=O) groups excluding carboxylic acids is 1. The van der Waals surface area contributed by atoms with Gasteiger partial charge in [0.15, 0.2) is 0 Å². The lowest BCUT2D eigenvalue weighted by Crippen LogP contribution is -2.48. The van der Waals surface area contributed by atoms with Crippen molar-refractivity contribution in [2.75, 3.05) is 6.54 Å². The molecule has 0 aromatic rings. The zero-order valence-electron chi connectivity index (χ0n) is 11.6. The number of nitrogens with one attached hydrogen (secondary N) is 2. The molecule has 0 aromatic carbocycles. The lowest BCUT2D eigenvalue weighted by atomic mass is 10.0. The van der Waals surface area contributed by atoms with Crippen molar-refractivity contribution in [2.24, 2.45) is 11.8 Å². The summed E-state index contributed by atoms with van der Waals surface area (Å²) >= 11 is 0. The Morgan fingerprint density at radius 1 is 1.12 bits per heavy atom. The van der Waals surface area contributed by atoms with Gasteiger partial charge in [-0.05, 0) is 25.2 Å². The van der Waals surface area contributed by atoms with Crippen LogP contribution in [0.4, 0.5) is 0 Å². The van der Waals surface area contributed by atoms with Gasteiger partial charge in [0.2, 0.25) is 5.91 Å². The van der Waals surface area contributed by atoms with Crippen molar-refractivity contribution in [2.45, 2.75) is 60.0 Å². The summed E-state index contributed by atoms with van der Waals surface area (Å²) in [6.07, 6.45) is 1.06. The molecule has 0 radical (unpaired) electrons. The fraction of sp³-hybridized carbons (Fsp3) is 0.923. The fourth-order valence-corrected chi connectivity index (χ4v) is 1.64. The van der Waals surface area contributed by atoms with Crippen LogP contribution in [0.1, 0.15) is 48.0 Å². The smallest absolute Gasteiger partial charge is 0.236 e. The molecule has 0 aliphatic rings. The van der Waals surface area contributed by atoms with E-state index >= 15 is 0 Å². The highest BCUT2D eigenvalue weighted by atomic mass is 16.2. The maximum absolute atomic E-state index is 11.7. The first-order chi connectivity index (χ1) is 7.38. The van der Waals surface area contributed by atoms with Crippen LogP contribution < -0.4 is 10.6 Å². The number of amides is 1. The van der Waals surface area contributed by atoms with E-state index in [0.29, 0.717) is 17.9 Å². The van der Waals surface area contributed by atoms with E-state index in [1.165, 1.54) is 0 Å². The van der Waals surface area contributed by atoms with Gasteiger partial charge in [-0.3, -0.25) is 4.79 Å². The van der Waals surface area contributed by atoms with Crippen LogP contribution in [0.3, 0.4) is 0 Å². The molecule has 0 aliphatic heterocycles. The second-order valence-electron chi connectivity index (χ2n) is 5.29. The van der Waals surface area contributed by atoms with Crippen LogP contribution in [0, 0.1) is 11.8 Å². The van der Waals surface area contributed by atoms with Crippen molar-refractivity contribution in [3.63, 3.8) is 0 Å². The molecule has 2 atom stereocenters. The number of hydrogen-bond acceptors (Lipinski definition) is 2. The van der Waals surface area contributed by atoms with Crippen molar-refractivity contribution in [1.29, 1.82) is 0 Å². The molecule has 0 saturated carbocycles. The molecule has 0 heterocycles. The zero-order chi connectivity index (χ0) is 12.7. The van der Waals surface area contributed by atoms with E-state index in [1.807, 2.05) is 6.92 Å². The standard InChI is InChI=1S/C13H28N2O/c1-7-12(10(4)5)15-11(6)13(16)14-8-9(2)3/h9-12,15H,7-8H2,1-6H3,(H,14,16). The molecule has 3 heteroatoms. The molecule has 0 bridgehead atoms. The minimum Gasteiger partial charge on any atom is -0.354 e. The number of hydrogen-bond donors (Lipinski definition) is 2. The monoisotopic (exact) mass is 228 g/mol. The van der Waals surface area contributed by atoms with Gasteiger partial charge >= 0.3 is 0 Å². The molecule has 2 unspecified atom stereocenters. The molecule has 2 N–H and O–H groups in total. The summed E-state index contributed by atoms with van der Waals surface area (Å²) in [6, 6.07) is 0.311. The quantitative estimate of drug-likeness (QED) is 0.701. The van der Waals surface area contributed by atoms with Gasteiger partial charge in [0, 0.05) is 12.6 Å². The molecule has 0 spiro atoms. The van der Waals surface area contributed by atoms with E-state index < -0.39 is 0 Å². The van der Waals surface area contributed by atoms with E-state index in [1.54, 1.807) is 0 Å². The summed E-state index contributed by atoms with van der Waals surface area (Å²) < 4.78 is 0. The number of rotatable bonds is 7. The van der Waals surface area contributed by atoms with E-state index in [-0.39, 0.29) is 11.9 Å². The van der Waals surface area contributed by atoms with Crippen molar-refractivity contribution in [3.05, 3.63) is 0 Å². The normalized spacial score (nSPS) is 15.2. The van der Waals surface area contributed by atoms with Gasteiger partial charge in [-0.1, -0.05) is 34.6 Å². The maximum atomic E-state index is 11.7. The SMILES string of the molecule is CCC(NC(C)C(=O)NCC(C)C)C(C)C. The van der Waals surface area contributed by atoms with Gasteiger partial charge in [-0.25, -0.2) is 0 Å². The minimum atomic E-state index is -0.105. The summed E-state index contributed by atoms with van der Waals surface area (Å²) in [5, 5.41) is 6.33. The van der Waals surface area contributed by atoms with Gasteiger partial charge in [0.05, 0.1) is 6.04 Å². The van der Waals surface area contributed by atoms with Gasteiger partial charge in [0.25, 0.3) is 0 Å². The van der Waals surface area contributed by atoms with Crippen molar-refractivity contribution in [1.82, 2.24) is 10.6 Å². The molecular formula is C13H28N2O. The fourth-order valence-electron chi connectivity index (χ4n) is 1.64. The highest BCUT2D eigenvalue weighted by molar-refractivity contribution is 5.81. The van der Waals surface area contributed by atoms with Crippen molar-refractivity contribution < 1.29 is 4.79 Å². The van der Waals surface area contributed by atoms with Gasteiger partial charge in [0.1, 0.15) is 0 Å². The maximum Gasteiger partial charge on any atom is 0.236 e. The molecule has 16 heavy (non-hydrogen) atoms. The van der Waals surface area contributed by atoms with Crippen LogP contribution in [0.25, 0.3) is 0 Å². The highest BCUT2D eigenvalue weighted by Gasteiger charge is 2.18. The summed E-state index contributed by atoms with van der Waals surface area (Å²) in [4.78, 5) is 11.7. The van der Waals surface area contributed by atoms with E-state index in [9.17, 15) is 4.79 Å². The van der Waals surface area contributed by atoms with Crippen LogP contribution in [0.2, 0.25) is 0 Å². The molecule has 3 nitrogen and oxygen atoms in total. The van der Waals surface area contributed by atoms with Gasteiger partial charge in [-0.2, -0.15) is 0 Å². The third-order valence-electron chi connectivity index (χ3n) is 2.79. The third-order valence-corrected chi connectivity index (χ3v) is 2.79. The summed E-state index contributed by atoms with van der Waals surface area (Å²) in [5.74, 6) is 1.17. The number of carbonyl (C=O) groups is 1. The molecule has 96 valence electrons. The predicted molar refractivity (Wildman–Crippen MR) is 69.4 cm³/mol. The first-order valence-corrected chi connectivity index (χ1v) is 6.42. The molecule has 0 aliphatic carbocycles. The zero-order valence-corrected chi connectivity index (χ0v) is 11.6. The summed E-state index contributed by atoms with van der Waals surface area (Å²) in [7, 11) is 0. The average Bonchev–Trinajstić information content (AvgIpc) is 2.21. The van der Waals surface area contributed by atoms with Crippen LogP contribution in [-0.2, 0) is 4.79 Å². The van der Waals surface area contributed by atoms with E-state index in [4.69, 9.17) is 0 Å². The Balaban J connectivity index is 4.03. The lowest BCUT2D eigenvalue weighted by molar-refractivity contribution is -0.123. The Morgan fingerprint density at radius 3 is 2.06 bits per heavy atom. The molecule has 0 rings (SSSR count). The van der Waals surface area contributed by atoms with Crippen molar-refractivity contribution >= 4 is 5.91 Å². The summed E-state index contributed by atoms with van der Waals surface area (Å²) in [5.41, 5.74) is 0. The van der Waals surface area contributed by atoms with Gasteiger partial charge < -0.3 is 10.6 Å². The lowest BCUT2D eigenvalue weighted by Gasteiger charge is -2.25. The Labute approximate surface area is 100 Å². The third kappa shape index (κ3) is 6.11. The first kappa shape index (κ1) is 15.4. The first-order valence-electron chi connectivity index (χ1n) is 6.42. The Kier molecular flexibility index (Phi) is 7.39. The Bertz CT molecular complexity index is 202. The largest absolute Gasteiger partial charge is 0.354 e. The minimum absolute atomic E-state index is 0.104. The molecule has 0 saturated heterocycles. The molecular weight excluding hydrogens is 200 g/mol. The van der Waals surface area contributed by atoms with Crippen LogP contribution in [0.15, 0.2) is 0 Å². The van der Waals surface area contributed by atoms with E-state index in [0.717, 1.165) is 13.0 Å². The topological polar surface area (TPSA) is 41.1 Å². The van der Waals surface area contributed by atoms with Crippen LogP contribution in [-0.4, -0.2) is 24.5 Å². The Hall–Kier alpha value is -0.570. The second kappa shape index (κ2) is 7.66. The second-order valence-corrected chi connectivity index (χ2v) is 5.29. The highest BCUT2D eigenvalue weighted by Crippen LogP contribution is 2.06. The van der Waals surface area contributed by atoms with Crippen LogP contribution in [0.5, 0.6) is 0 Å². The molecule has 0 aromatic heterocycles. The van der Waals surface area contributed by atoms with Crippen molar-refractivity contribution in [3.8, 4) is 0 Å². The Morgan fingerprint density at radius 2 is 1.69 bits per heavy atom. The molecule has 1 amide bonds. The molecule has 0 fully saturated rings. The predicted octanol–water partition coefficient (Wildman–Crippen LogP) is 2.17. The summed E-state index contributed by atoms with van der Waals surface area (Å²) in [6.45, 7) is 13.4. The van der Waals surface area contributed by atoms with E-state index in [2.05, 4.69) is 45.3 Å². The van der Waals surface area contributed by atoms with Crippen LogP contribution >= 0.6 is 0 Å².